The first-order valence-corrected chi connectivity index (χ1v) is 6.75. The number of thioether (sulfide) groups is 1. The summed E-state index contributed by atoms with van der Waals surface area (Å²) in [6, 6.07) is 0.0421. The average Bonchev–Trinajstić information content (AvgIpc) is 2.64. The Morgan fingerprint density at radius 3 is 2.69 bits per heavy atom. The van der Waals surface area contributed by atoms with Gasteiger partial charge in [0.1, 0.15) is 0 Å². The molecule has 1 aliphatic carbocycles. The lowest BCUT2D eigenvalue weighted by molar-refractivity contribution is -0.132. The van der Waals surface area contributed by atoms with Crippen molar-refractivity contribution >= 4 is 30.1 Å². The van der Waals surface area contributed by atoms with E-state index in [0.29, 0.717) is 6.04 Å². The highest BCUT2D eigenvalue weighted by Crippen LogP contribution is 2.32. The number of rotatable bonds is 4. The number of hydrogen-bond donors (Lipinski definition) is 1. The average molecular weight is 267 g/mol. The minimum absolute atomic E-state index is 0. The van der Waals surface area contributed by atoms with Gasteiger partial charge in [0, 0.05) is 18.3 Å². The maximum Gasteiger partial charge on any atom is 0.239 e. The number of carbonyl (C=O) groups excluding carboxylic acids is 1. The molecule has 1 rings (SSSR count). The normalized spacial score (nSPS) is 26.0. The van der Waals surface area contributed by atoms with E-state index in [0.717, 1.165) is 18.1 Å². The summed E-state index contributed by atoms with van der Waals surface area (Å²) in [5.74, 6) is 1.24. The summed E-state index contributed by atoms with van der Waals surface area (Å²) in [4.78, 5) is 13.5. The molecule has 0 aromatic heterocycles. The van der Waals surface area contributed by atoms with Gasteiger partial charge in [-0.15, -0.1) is 12.4 Å². The van der Waals surface area contributed by atoms with Crippen molar-refractivity contribution in [1.29, 1.82) is 0 Å². The van der Waals surface area contributed by atoms with E-state index in [1.165, 1.54) is 12.2 Å². The van der Waals surface area contributed by atoms with Crippen molar-refractivity contribution in [3.05, 3.63) is 0 Å². The van der Waals surface area contributed by atoms with Crippen molar-refractivity contribution in [2.75, 3.05) is 12.8 Å². The number of amides is 1. The molecular weight excluding hydrogens is 244 g/mol. The molecule has 0 spiro atoms. The Hall–Kier alpha value is 0.0700. The van der Waals surface area contributed by atoms with Crippen LogP contribution in [0.1, 0.15) is 33.1 Å². The summed E-state index contributed by atoms with van der Waals surface area (Å²) in [5, 5.41) is 0.739. The van der Waals surface area contributed by atoms with Crippen LogP contribution < -0.4 is 5.73 Å². The van der Waals surface area contributed by atoms with Crippen LogP contribution in [0.5, 0.6) is 0 Å². The molecule has 0 aliphatic heterocycles. The highest BCUT2D eigenvalue weighted by molar-refractivity contribution is 7.99. The quantitative estimate of drug-likeness (QED) is 0.845. The highest BCUT2D eigenvalue weighted by atomic mass is 35.5. The standard InChI is InChI=1S/C11H22N2OS.ClH/c1-4-15-10-6-5-9(7-10)13(3)11(14)8(2)12;/h8-10H,4-7,12H2,1-3H3;1H. The van der Waals surface area contributed by atoms with Crippen molar-refractivity contribution in [3.8, 4) is 0 Å². The van der Waals surface area contributed by atoms with E-state index in [1.807, 2.05) is 23.7 Å². The van der Waals surface area contributed by atoms with Gasteiger partial charge >= 0.3 is 0 Å². The number of carbonyl (C=O) groups is 1. The molecule has 1 amide bonds. The minimum Gasteiger partial charge on any atom is -0.341 e. The lowest BCUT2D eigenvalue weighted by Crippen LogP contribution is -2.44. The Bertz CT molecular complexity index is 226. The van der Waals surface area contributed by atoms with Crippen LogP contribution in [0, 0.1) is 0 Å². The van der Waals surface area contributed by atoms with Crippen LogP contribution in [0.3, 0.4) is 0 Å². The van der Waals surface area contributed by atoms with Gasteiger partial charge in [0.05, 0.1) is 6.04 Å². The van der Waals surface area contributed by atoms with E-state index in [2.05, 4.69) is 6.92 Å². The SMILES string of the molecule is CCSC1CCC(N(C)C(=O)C(C)N)C1.Cl. The number of nitrogens with zero attached hydrogens (tertiary/aromatic N) is 1. The molecule has 0 heterocycles. The summed E-state index contributed by atoms with van der Waals surface area (Å²) in [5.41, 5.74) is 5.60. The Morgan fingerprint density at radius 1 is 1.56 bits per heavy atom. The third-order valence-electron chi connectivity index (χ3n) is 3.04. The second-order valence-corrected chi connectivity index (χ2v) is 5.86. The zero-order chi connectivity index (χ0) is 11.4. The molecule has 0 radical (unpaired) electrons. The third-order valence-corrected chi connectivity index (χ3v) is 4.28. The molecule has 96 valence electrons. The van der Waals surface area contributed by atoms with E-state index in [-0.39, 0.29) is 24.4 Å². The number of hydrogen-bond acceptors (Lipinski definition) is 3. The molecule has 2 N–H and O–H groups in total. The van der Waals surface area contributed by atoms with Crippen LogP contribution in [-0.2, 0) is 4.79 Å². The van der Waals surface area contributed by atoms with Gasteiger partial charge in [-0.1, -0.05) is 6.92 Å². The molecule has 3 nitrogen and oxygen atoms in total. The lowest BCUT2D eigenvalue weighted by Gasteiger charge is -2.26. The molecule has 1 aliphatic rings. The fraction of sp³-hybridized carbons (Fsp3) is 0.909. The Kier molecular flexibility index (Phi) is 7.44. The topological polar surface area (TPSA) is 46.3 Å². The fourth-order valence-electron chi connectivity index (χ4n) is 2.16. The van der Waals surface area contributed by atoms with Crippen molar-refractivity contribution in [2.24, 2.45) is 5.73 Å². The molecule has 3 unspecified atom stereocenters. The van der Waals surface area contributed by atoms with Crippen LogP contribution in [-0.4, -0.2) is 40.9 Å². The minimum atomic E-state index is -0.368. The Morgan fingerprint density at radius 2 is 2.19 bits per heavy atom. The maximum atomic E-state index is 11.7. The number of nitrogens with two attached hydrogens (primary N) is 1. The second-order valence-electron chi connectivity index (χ2n) is 4.28. The largest absolute Gasteiger partial charge is 0.341 e. The summed E-state index contributed by atoms with van der Waals surface area (Å²) >= 11 is 2.01. The van der Waals surface area contributed by atoms with Crippen LogP contribution >= 0.6 is 24.2 Å². The van der Waals surface area contributed by atoms with Gasteiger partial charge in [-0.05, 0) is 31.9 Å². The molecule has 1 fully saturated rings. The zero-order valence-electron chi connectivity index (χ0n) is 10.3. The van der Waals surface area contributed by atoms with Crippen molar-refractivity contribution < 1.29 is 4.79 Å². The molecular formula is C11H23ClN2OS. The summed E-state index contributed by atoms with van der Waals surface area (Å²) in [6.07, 6.45) is 3.50. The third kappa shape index (κ3) is 4.15. The Labute approximate surface area is 109 Å². The lowest BCUT2D eigenvalue weighted by atomic mass is 10.2. The number of likely N-dealkylation sites (N-methyl/N-ethyl adjacent to an activating group) is 1. The van der Waals surface area contributed by atoms with Gasteiger partial charge in [-0.3, -0.25) is 4.79 Å². The van der Waals surface area contributed by atoms with Crippen LogP contribution in [0.25, 0.3) is 0 Å². The van der Waals surface area contributed by atoms with E-state index < -0.39 is 0 Å². The summed E-state index contributed by atoms with van der Waals surface area (Å²) < 4.78 is 0. The molecule has 1 saturated carbocycles. The summed E-state index contributed by atoms with van der Waals surface area (Å²) in [6.45, 7) is 3.95. The second kappa shape index (κ2) is 7.41. The van der Waals surface area contributed by atoms with E-state index in [4.69, 9.17) is 5.73 Å². The molecule has 5 heteroatoms. The van der Waals surface area contributed by atoms with Gasteiger partial charge in [-0.2, -0.15) is 11.8 Å². The van der Waals surface area contributed by atoms with Gasteiger partial charge in [0.2, 0.25) is 5.91 Å². The predicted octanol–water partition coefficient (Wildman–Crippen LogP) is 1.89. The van der Waals surface area contributed by atoms with Gasteiger partial charge in [-0.25, -0.2) is 0 Å². The van der Waals surface area contributed by atoms with Crippen LogP contribution in [0.15, 0.2) is 0 Å². The van der Waals surface area contributed by atoms with Crippen LogP contribution in [0.2, 0.25) is 0 Å². The first-order valence-electron chi connectivity index (χ1n) is 5.70. The monoisotopic (exact) mass is 266 g/mol. The highest BCUT2D eigenvalue weighted by Gasteiger charge is 2.30. The van der Waals surface area contributed by atoms with E-state index >= 15 is 0 Å². The smallest absolute Gasteiger partial charge is 0.239 e. The first kappa shape index (κ1) is 16.1. The molecule has 3 atom stereocenters. The van der Waals surface area contributed by atoms with E-state index in [1.54, 1.807) is 6.92 Å². The zero-order valence-corrected chi connectivity index (χ0v) is 11.9. The molecule has 0 saturated heterocycles. The van der Waals surface area contributed by atoms with Gasteiger partial charge in [0.15, 0.2) is 0 Å². The van der Waals surface area contributed by atoms with Crippen LogP contribution in [0.4, 0.5) is 0 Å². The van der Waals surface area contributed by atoms with Gasteiger partial charge in [0.25, 0.3) is 0 Å². The Balaban J connectivity index is 0.00000225. The van der Waals surface area contributed by atoms with Crippen molar-refractivity contribution in [1.82, 2.24) is 4.90 Å². The molecule has 0 aromatic carbocycles. The first-order chi connectivity index (χ1) is 7.06. The van der Waals surface area contributed by atoms with E-state index in [9.17, 15) is 4.79 Å². The van der Waals surface area contributed by atoms with Gasteiger partial charge < -0.3 is 10.6 Å². The summed E-state index contributed by atoms with van der Waals surface area (Å²) in [7, 11) is 1.88. The molecule has 0 bridgehead atoms. The number of halogens is 1. The van der Waals surface area contributed by atoms with Crippen molar-refractivity contribution in [3.63, 3.8) is 0 Å². The predicted molar refractivity (Wildman–Crippen MR) is 73.2 cm³/mol. The molecule has 0 aromatic rings. The maximum absolute atomic E-state index is 11.7. The molecule has 16 heavy (non-hydrogen) atoms. The van der Waals surface area contributed by atoms with Crippen molar-refractivity contribution in [2.45, 2.75) is 50.4 Å². The fourth-order valence-corrected chi connectivity index (χ4v) is 3.29.